The Morgan fingerprint density at radius 2 is 1.70 bits per heavy atom. The van der Waals surface area contributed by atoms with Crippen LogP contribution in [0.1, 0.15) is 40.4 Å². The van der Waals surface area contributed by atoms with E-state index in [0.717, 1.165) is 30.2 Å². The van der Waals surface area contributed by atoms with Gasteiger partial charge in [-0.2, -0.15) is 13.2 Å². The van der Waals surface area contributed by atoms with E-state index < -0.39 is 11.9 Å². The number of amides is 1. The molecule has 4 rings (SSSR count). The number of benzene rings is 3. The Labute approximate surface area is 218 Å². The fourth-order valence-corrected chi connectivity index (χ4v) is 4.48. The number of halogens is 4. The molecule has 1 heterocycles. The van der Waals surface area contributed by atoms with Crippen molar-refractivity contribution in [2.24, 2.45) is 10.7 Å². The number of ether oxygens (including phenoxy) is 1. The largest absolute Gasteiger partial charge is 0.496 e. The van der Waals surface area contributed by atoms with Gasteiger partial charge in [0.25, 0.3) is 5.91 Å². The lowest BCUT2D eigenvalue weighted by Gasteiger charge is -2.26. The van der Waals surface area contributed by atoms with Gasteiger partial charge in [-0.05, 0) is 49.2 Å². The van der Waals surface area contributed by atoms with Crippen molar-refractivity contribution in [3.63, 3.8) is 0 Å². The van der Waals surface area contributed by atoms with Crippen LogP contribution >= 0.6 is 11.6 Å². The predicted octanol–water partition coefficient (Wildman–Crippen LogP) is 6.85. The van der Waals surface area contributed by atoms with Crippen LogP contribution in [-0.4, -0.2) is 36.3 Å². The summed E-state index contributed by atoms with van der Waals surface area (Å²) in [5.41, 5.74) is 5.96. The van der Waals surface area contributed by atoms with Crippen LogP contribution in [0.25, 0.3) is 0 Å². The number of nitrogens with zero attached hydrogens (tertiary/aromatic N) is 2. The van der Waals surface area contributed by atoms with Gasteiger partial charge < -0.3 is 15.4 Å². The van der Waals surface area contributed by atoms with E-state index in [-0.39, 0.29) is 22.7 Å². The molecule has 5 nitrogen and oxygen atoms in total. The van der Waals surface area contributed by atoms with Crippen LogP contribution in [0.4, 0.5) is 18.9 Å². The Hall–Kier alpha value is -3.78. The van der Waals surface area contributed by atoms with Gasteiger partial charge in [0.2, 0.25) is 0 Å². The van der Waals surface area contributed by atoms with E-state index in [2.05, 4.69) is 4.99 Å². The first-order valence-electron chi connectivity index (χ1n) is 11.6. The summed E-state index contributed by atoms with van der Waals surface area (Å²) in [6, 6.07) is 20.3. The van der Waals surface area contributed by atoms with Crippen molar-refractivity contribution in [1.29, 1.82) is 0 Å². The molecule has 0 bridgehead atoms. The highest BCUT2D eigenvalue weighted by Gasteiger charge is 2.33. The van der Waals surface area contributed by atoms with Crippen molar-refractivity contribution in [1.82, 2.24) is 4.90 Å². The summed E-state index contributed by atoms with van der Waals surface area (Å²) in [5, 5.41) is 0.280. The molecular formula is C28H25ClF3N3O2. The van der Waals surface area contributed by atoms with E-state index in [1.54, 1.807) is 60.5 Å². The predicted molar refractivity (Wildman–Crippen MR) is 138 cm³/mol. The lowest BCUT2D eigenvalue weighted by atomic mass is 10.0. The molecule has 1 amide bonds. The van der Waals surface area contributed by atoms with Gasteiger partial charge in [-0.25, -0.2) is 4.99 Å². The average Bonchev–Trinajstić information content (AvgIpc) is 3.38. The Kier molecular flexibility index (Phi) is 7.88. The van der Waals surface area contributed by atoms with Gasteiger partial charge in [0.05, 0.1) is 29.6 Å². The maximum absolute atomic E-state index is 13.4. The molecule has 0 saturated carbocycles. The summed E-state index contributed by atoms with van der Waals surface area (Å²) in [7, 11) is 1.60. The zero-order valence-corrected chi connectivity index (χ0v) is 20.8. The number of likely N-dealkylation sites (tertiary alicyclic amines) is 1. The van der Waals surface area contributed by atoms with Crippen molar-refractivity contribution >= 4 is 28.9 Å². The Morgan fingerprint density at radius 1 is 1.05 bits per heavy atom. The Morgan fingerprint density at radius 3 is 2.38 bits per heavy atom. The third-order valence-corrected chi connectivity index (χ3v) is 6.47. The molecule has 192 valence electrons. The van der Waals surface area contributed by atoms with Crippen molar-refractivity contribution < 1.29 is 22.7 Å². The minimum absolute atomic E-state index is 0.0324. The number of alkyl halides is 3. The first kappa shape index (κ1) is 26.3. The maximum Gasteiger partial charge on any atom is 0.430 e. The number of carbonyl (C=O) groups is 1. The van der Waals surface area contributed by atoms with Crippen molar-refractivity contribution in [3.8, 4) is 5.75 Å². The van der Waals surface area contributed by atoms with Crippen molar-refractivity contribution in [2.45, 2.75) is 25.1 Å². The minimum Gasteiger partial charge on any atom is -0.496 e. The number of nitrogens with two attached hydrogens (primary N) is 1. The SMILES string of the molecule is COc1ccccc1C1CCCN1C(=O)c1ccc(C(/C=C(\N)C(F)(F)F)=Nc2ccccc2Cl)cc1. The van der Waals surface area contributed by atoms with E-state index in [4.69, 9.17) is 22.1 Å². The second-order valence-corrected chi connectivity index (χ2v) is 8.93. The van der Waals surface area contributed by atoms with E-state index in [9.17, 15) is 18.0 Å². The van der Waals surface area contributed by atoms with Crippen molar-refractivity contribution in [3.05, 3.63) is 106 Å². The molecule has 9 heteroatoms. The second kappa shape index (κ2) is 11.1. The summed E-state index contributed by atoms with van der Waals surface area (Å²) in [5.74, 6) is 0.548. The molecule has 1 fully saturated rings. The topological polar surface area (TPSA) is 67.9 Å². The molecule has 1 aliphatic heterocycles. The monoisotopic (exact) mass is 527 g/mol. The van der Waals surface area contributed by atoms with Crippen LogP contribution in [0.15, 0.2) is 89.6 Å². The van der Waals surface area contributed by atoms with E-state index >= 15 is 0 Å². The summed E-state index contributed by atoms with van der Waals surface area (Å²) < 4.78 is 45.0. The molecular weight excluding hydrogens is 503 g/mol. The molecule has 0 spiro atoms. The third-order valence-electron chi connectivity index (χ3n) is 6.15. The molecule has 37 heavy (non-hydrogen) atoms. The van der Waals surface area contributed by atoms with Gasteiger partial charge in [-0.1, -0.05) is 54.1 Å². The fraction of sp³-hybridized carbons (Fsp3) is 0.214. The molecule has 3 aromatic rings. The summed E-state index contributed by atoms with van der Waals surface area (Å²) in [6.45, 7) is 0.591. The molecule has 1 atom stereocenters. The first-order chi connectivity index (χ1) is 17.7. The molecule has 0 aliphatic carbocycles. The molecule has 0 radical (unpaired) electrons. The fourth-order valence-electron chi connectivity index (χ4n) is 4.31. The molecule has 1 saturated heterocycles. The van der Waals surface area contributed by atoms with Gasteiger partial charge >= 0.3 is 6.18 Å². The Bertz CT molecular complexity index is 1340. The number of hydrogen-bond acceptors (Lipinski definition) is 4. The zero-order chi connectivity index (χ0) is 26.6. The highest BCUT2D eigenvalue weighted by Crippen LogP contribution is 2.37. The van der Waals surface area contributed by atoms with Crippen LogP contribution in [0.2, 0.25) is 5.02 Å². The standard InChI is InChI=1S/C28H25ClF3N3O2/c1-37-25-11-5-2-7-20(25)24-10-6-16-35(24)27(36)19-14-12-18(13-15-19)23(17-26(33)28(30,31)32)34-22-9-4-3-8-21(22)29/h2-5,7-9,11-15,17,24H,6,10,16,33H2,1H3/b26-17-,34-23?. The Balaban J connectivity index is 1.65. The lowest BCUT2D eigenvalue weighted by molar-refractivity contribution is -0.0925. The molecule has 3 aromatic carbocycles. The number of aliphatic imine (C=N–C) groups is 1. The van der Waals surface area contributed by atoms with Gasteiger partial charge in [0, 0.05) is 23.2 Å². The summed E-state index contributed by atoms with van der Waals surface area (Å²) in [6.07, 6.45) is -2.30. The average molecular weight is 528 g/mol. The normalized spacial score (nSPS) is 16.7. The summed E-state index contributed by atoms with van der Waals surface area (Å²) >= 11 is 6.17. The number of carbonyl (C=O) groups excluding carboxylic acids is 1. The van der Waals surface area contributed by atoms with Gasteiger partial charge in [0.15, 0.2) is 0 Å². The second-order valence-electron chi connectivity index (χ2n) is 8.52. The van der Waals surface area contributed by atoms with Crippen molar-refractivity contribution in [2.75, 3.05) is 13.7 Å². The van der Waals surface area contributed by atoms with Crippen LogP contribution in [-0.2, 0) is 0 Å². The van der Waals surface area contributed by atoms with E-state index in [0.29, 0.717) is 23.4 Å². The van der Waals surface area contributed by atoms with E-state index in [1.165, 1.54) is 0 Å². The van der Waals surface area contributed by atoms with E-state index in [1.807, 2.05) is 24.3 Å². The first-order valence-corrected chi connectivity index (χ1v) is 12.0. The zero-order valence-electron chi connectivity index (χ0n) is 20.0. The summed E-state index contributed by atoms with van der Waals surface area (Å²) in [4.78, 5) is 19.5. The lowest BCUT2D eigenvalue weighted by Crippen LogP contribution is -2.30. The number of hydrogen-bond donors (Lipinski definition) is 1. The molecule has 0 aromatic heterocycles. The van der Waals surface area contributed by atoms with Crippen LogP contribution in [0.3, 0.4) is 0 Å². The highest BCUT2D eigenvalue weighted by atomic mass is 35.5. The molecule has 1 aliphatic rings. The number of para-hydroxylation sites is 2. The number of allylic oxidation sites excluding steroid dienone is 2. The minimum atomic E-state index is -4.72. The molecule has 2 N–H and O–H groups in total. The van der Waals surface area contributed by atoms with Crippen LogP contribution < -0.4 is 10.5 Å². The van der Waals surface area contributed by atoms with Gasteiger partial charge in [0.1, 0.15) is 11.4 Å². The third kappa shape index (κ3) is 5.97. The number of methoxy groups -OCH3 is 1. The quantitative estimate of drug-likeness (QED) is 0.356. The van der Waals surface area contributed by atoms with Crippen LogP contribution in [0.5, 0.6) is 5.75 Å². The smallest absolute Gasteiger partial charge is 0.430 e. The molecule has 1 unspecified atom stereocenters. The maximum atomic E-state index is 13.4. The van der Waals surface area contributed by atoms with Gasteiger partial charge in [-0.15, -0.1) is 0 Å². The number of rotatable bonds is 6. The highest BCUT2D eigenvalue weighted by molar-refractivity contribution is 6.33. The van der Waals surface area contributed by atoms with Crippen LogP contribution in [0, 0.1) is 0 Å². The van der Waals surface area contributed by atoms with Gasteiger partial charge in [-0.3, -0.25) is 4.79 Å².